The first-order chi connectivity index (χ1) is 9.93. The van der Waals surface area contributed by atoms with Gasteiger partial charge in [-0.15, -0.1) is 0 Å². The molecule has 1 aliphatic rings. The Hall–Kier alpha value is -1.16. The van der Waals surface area contributed by atoms with Gasteiger partial charge < -0.3 is 4.74 Å². The number of benzene rings is 1. The van der Waals surface area contributed by atoms with Crippen LogP contribution in [0.2, 0.25) is 0 Å². The lowest BCUT2D eigenvalue weighted by Gasteiger charge is -2.26. The molecule has 0 saturated carbocycles. The van der Waals surface area contributed by atoms with Crippen LogP contribution < -0.4 is 0 Å². The van der Waals surface area contributed by atoms with Crippen LogP contribution in [0.4, 0.5) is 0 Å². The highest BCUT2D eigenvalue weighted by Crippen LogP contribution is 2.26. The summed E-state index contributed by atoms with van der Waals surface area (Å²) in [5.41, 5.74) is 4.23. The molecule has 1 aliphatic heterocycles. The van der Waals surface area contributed by atoms with Gasteiger partial charge >= 0.3 is 0 Å². The Morgan fingerprint density at radius 1 is 1.10 bits per heavy atom. The Bertz CT molecular complexity index is 518. The van der Waals surface area contributed by atoms with Crippen LogP contribution in [0.25, 0.3) is 11.1 Å². The van der Waals surface area contributed by atoms with Crippen molar-refractivity contribution in [3.05, 3.63) is 46.7 Å². The van der Waals surface area contributed by atoms with E-state index >= 15 is 0 Å². The molecule has 0 N–H and O–H groups in total. The van der Waals surface area contributed by atoms with E-state index in [1.54, 1.807) is 11.3 Å². The molecule has 1 saturated heterocycles. The van der Waals surface area contributed by atoms with Crippen molar-refractivity contribution < 1.29 is 4.74 Å². The minimum Gasteiger partial charge on any atom is -0.379 e. The van der Waals surface area contributed by atoms with Crippen molar-refractivity contribution in [1.82, 2.24) is 4.90 Å². The standard InChI is InChI=1S/C17H21NOS/c1-2-6-17(16-7-13-20-14-16)15(4-1)5-3-8-18-9-11-19-12-10-18/h1-2,4,6-7,13-14H,3,5,8-12H2. The van der Waals surface area contributed by atoms with Crippen LogP contribution in [0.5, 0.6) is 0 Å². The summed E-state index contributed by atoms with van der Waals surface area (Å²) in [5.74, 6) is 0. The molecule has 2 aromatic rings. The number of hydrogen-bond acceptors (Lipinski definition) is 3. The van der Waals surface area contributed by atoms with E-state index in [1.807, 2.05) is 0 Å². The Morgan fingerprint density at radius 2 is 1.95 bits per heavy atom. The number of thiophene rings is 1. The molecule has 1 aromatic heterocycles. The highest BCUT2D eigenvalue weighted by Gasteiger charge is 2.10. The minimum atomic E-state index is 0.894. The van der Waals surface area contributed by atoms with Crippen molar-refractivity contribution in [3.63, 3.8) is 0 Å². The van der Waals surface area contributed by atoms with Gasteiger partial charge in [-0.05, 0) is 52.9 Å². The third kappa shape index (κ3) is 3.48. The summed E-state index contributed by atoms with van der Waals surface area (Å²) in [6.07, 6.45) is 2.38. The summed E-state index contributed by atoms with van der Waals surface area (Å²) >= 11 is 1.77. The molecule has 0 aliphatic carbocycles. The average Bonchev–Trinajstić information content (AvgIpc) is 3.03. The molecule has 1 aromatic carbocycles. The lowest BCUT2D eigenvalue weighted by molar-refractivity contribution is 0.0375. The number of morpholine rings is 1. The number of nitrogens with zero attached hydrogens (tertiary/aromatic N) is 1. The molecular weight excluding hydrogens is 266 g/mol. The fourth-order valence-corrected chi connectivity index (χ4v) is 3.41. The van der Waals surface area contributed by atoms with E-state index in [-0.39, 0.29) is 0 Å². The third-order valence-electron chi connectivity index (χ3n) is 3.87. The molecule has 0 amide bonds. The molecule has 0 spiro atoms. The zero-order valence-electron chi connectivity index (χ0n) is 11.8. The fourth-order valence-electron chi connectivity index (χ4n) is 2.76. The van der Waals surface area contributed by atoms with Gasteiger partial charge in [-0.1, -0.05) is 24.3 Å². The monoisotopic (exact) mass is 287 g/mol. The van der Waals surface area contributed by atoms with Gasteiger partial charge in [-0.25, -0.2) is 0 Å². The van der Waals surface area contributed by atoms with Crippen molar-refractivity contribution in [2.45, 2.75) is 12.8 Å². The third-order valence-corrected chi connectivity index (χ3v) is 4.56. The summed E-state index contributed by atoms with van der Waals surface area (Å²) in [7, 11) is 0. The molecule has 106 valence electrons. The van der Waals surface area contributed by atoms with Crippen LogP contribution in [0, 0.1) is 0 Å². The van der Waals surface area contributed by atoms with Gasteiger partial charge in [0, 0.05) is 13.1 Å². The van der Waals surface area contributed by atoms with E-state index in [0.29, 0.717) is 0 Å². The Morgan fingerprint density at radius 3 is 2.75 bits per heavy atom. The molecule has 2 heterocycles. The van der Waals surface area contributed by atoms with Crippen LogP contribution in [0.15, 0.2) is 41.1 Å². The predicted molar refractivity (Wildman–Crippen MR) is 85.3 cm³/mol. The highest BCUT2D eigenvalue weighted by atomic mass is 32.1. The van der Waals surface area contributed by atoms with Gasteiger partial charge in [-0.2, -0.15) is 11.3 Å². The van der Waals surface area contributed by atoms with E-state index < -0.39 is 0 Å². The van der Waals surface area contributed by atoms with E-state index in [1.165, 1.54) is 29.7 Å². The van der Waals surface area contributed by atoms with Gasteiger partial charge in [0.15, 0.2) is 0 Å². The van der Waals surface area contributed by atoms with Gasteiger partial charge in [0.25, 0.3) is 0 Å². The SMILES string of the molecule is c1ccc(-c2ccsc2)c(CCCN2CCOCC2)c1. The summed E-state index contributed by atoms with van der Waals surface area (Å²) < 4.78 is 5.39. The molecule has 0 bridgehead atoms. The van der Waals surface area contributed by atoms with Crippen LogP contribution in [0.3, 0.4) is 0 Å². The smallest absolute Gasteiger partial charge is 0.0594 e. The Labute approximate surface area is 125 Å². The second kappa shape index (κ2) is 7.02. The zero-order chi connectivity index (χ0) is 13.6. The Balaban J connectivity index is 1.60. The maximum atomic E-state index is 5.39. The molecule has 0 unspecified atom stereocenters. The second-order valence-electron chi connectivity index (χ2n) is 5.23. The fraction of sp³-hybridized carbons (Fsp3) is 0.412. The largest absolute Gasteiger partial charge is 0.379 e. The summed E-state index contributed by atoms with van der Waals surface area (Å²) in [5, 5.41) is 4.39. The first-order valence-electron chi connectivity index (χ1n) is 7.34. The van der Waals surface area contributed by atoms with Crippen LogP contribution in [-0.2, 0) is 11.2 Å². The number of hydrogen-bond donors (Lipinski definition) is 0. The lowest BCUT2D eigenvalue weighted by atomic mass is 9.98. The van der Waals surface area contributed by atoms with Gasteiger partial charge in [0.05, 0.1) is 13.2 Å². The molecule has 0 radical (unpaired) electrons. The maximum Gasteiger partial charge on any atom is 0.0594 e. The quantitative estimate of drug-likeness (QED) is 0.832. The molecule has 3 rings (SSSR count). The molecule has 0 atom stereocenters. The maximum absolute atomic E-state index is 5.39. The van der Waals surface area contributed by atoms with Crippen LogP contribution >= 0.6 is 11.3 Å². The number of ether oxygens (including phenoxy) is 1. The molecular formula is C17H21NOS. The van der Waals surface area contributed by atoms with Crippen molar-refractivity contribution in [3.8, 4) is 11.1 Å². The van der Waals surface area contributed by atoms with Crippen LogP contribution in [0.1, 0.15) is 12.0 Å². The normalized spacial score (nSPS) is 16.4. The second-order valence-corrected chi connectivity index (χ2v) is 6.01. The predicted octanol–water partition coefficient (Wildman–Crippen LogP) is 3.68. The van der Waals surface area contributed by atoms with Gasteiger partial charge in [0.2, 0.25) is 0 Å². The van der Waals surface area contributed by atoms with Crippen LogP contribution in [-0.4, -0.2) is 37.7 Å². The zero-order valence-corrected chi connectivity index (χ0v) is 12.6. The topological polar surface area (TPSA) is 12.5 Å². The van der Waals surface area contributed by atoms with E-state index in [9.17, 15) is 0 Å². The van der Waals surface area contributed by atoms with Crippen molar-refractivity contribution in [2.24, 2.45) is 0 Å². The summed E-state index contributed by atoms with van der Waals surface area (Å²) in [6.45, 7) is 5.15. The van der Waals surface area contributed by atoms with Gasteiger partial charge in [-0.3, -0.25) is 4.90 Å². The number of aryl methyl sites for hydroxylation is 1. The molecule has 3 heteroatoms. The van der Waals surface area contributed by atoms with Crippen molar-refractivity contribution in [2.75, 3.05) is 32.8 Å². The van der Waals surface area contributed by atoms with E-state index in [2.05, 4.69) is 46.0 Å². The van der Waals surface area contributed by atoms with E-state index in [4.69, 9.17) is 4.74 Å². The van der Waals surface area contributed by atoms with E-state index in [0.717, 1.165) is 32.7 Å². The lowest BCUT2D eigenvalue weighted by Crippen LogP contribution is -2.36. The molecule has 2 nitrogen and oxygen atoms in total. The van der Waals surface area contributed by atoms with Crippen molar-refractivity contribution >= 4 is 11.3 Å². The first kappa shape index (κ1) is 13.8. The highest BCUT2D eigenvalue weighted by molar-refractivity contribution is 7.08. The molecule has 20 heavy (non-hydrogen) atoms. The van der Waals surface area contributed by atoms with Crippen molar-refractivity contribution in [1.29, 1.82) is 0 Å². The number of rotatable bonds is 5. The summed E-state index contributed by atoms with van der Waals surface area (Å²) in [6, 6.07) is 11.0. The minimum absolute atomic E-state index is 0.894. The molecule has 1 fully saturated rings. The summed E-state index contributed by atoms with van der Waals surface area (Å²) in [4.78, 5) is 2.51. The average molecular weight is 287 g/mol. The first-order valence-corrected chi connectivity index (χ1v) is 8.28. The Kier molecular flexibility index (Phi) is 4.85. The van der Waals surface area contributed by atoms with Gasteiger partial charge in [0.1, 0.15) is 0 Å².